The molecule has 1 N–H and O–H groups in total. The number of thiophene rings is 1. The van der Waals surface area contributed by atoms with Gasteiger partial charge in [-0.3, -0.25) is 4.90 Å². The van der Waals surface area contributed by atoms with Crippen molar-refractivity contribution in [3.05, 3.63) is 57.8 Å². The number of benzene rings is 1. The van der Waals surface area contributed by atoms with E-state index in [-0.39, 0.29) is 0 Å². The Kier molecular flexibility index (Phi) is 5.58. The zero-order valence-electron chi connectivity index (χ0n) is 11.7. The van der Waals surface area contributed by atoms with Gasteiger partial charge in [-0.05, 0) is 36.2 Å². The van der Waals surface area contributed by atoms with Gasteiger partial charge >= 0.3 is 0 Å². The normalized spacial score (nSPS) is 11.1. The predicted molar refractivity (Wildman–Crippen MR) is 83.3 cm³/mol. The lowest BCUT2D eigenvalue weighted by Crippen LogP contribution is -2.23. The number of nitrogens with zero attached hydrogens (tertiary/aromatic N) is 1. The lowest BCUT2D eigenvalue weighted by atomic mass is 10.1. The molecule has 0 atom stereocenters. The van der Waals surface area contributed by atoms with Crippen molar-refractivity contribution < 1.29 is 0 Å². The Hall–Kier alpha value is -1.16. The summed E-state index contributed by atoms with van der Waals surface area (Å²) in [5.41, 5.74) is 2.82. The molecule has 1 aromatic carbocycles. The minimum atomic E-state index is 0.937. The first kappa shape index (κ1) is 14.3. The van der Waals surface area contributed by atoms with Crippen LogP contribution in [0.3, 0.4) is 0 Å². The van der Waals surface area contributed by atoms with Crippen LogP contribution in [0.25, 0.3) is 0 Å². The predicted octanol–water partition coefficient (Wildman–Crippen LogP) is 3.49. The number of rotatable bonds is 7. The lowest BCUT2D eigenvalue weighted by Gasteiger charge is -2.21. The van der Waals surface area contributed by atoms with Crippen LogP contribution < -0.4 is 5.32 Å². The molecule has 0 aliphatic heterocycles. The first-order valence-electron chi connectivity index (χ1n) is 6.79. The maximum Gasteiger partial charge on any atom is 0.0331 e. The Balaban J connectivity index is 2.05. The molecule has 2 aromatic rings. The third-order valence-corrected chi connectivity index (χ3v) is 4.15. The number of hydrogen-bond acceptors (Lipinski definition) is 3. The van der Waals surface area contributed by atoms with Gasteiger partial charge in [-0.15, -0.1) is 11.3 Å². The Bertz CT molecular complexity index is 479. The molecule has 0 radical (unpaired) electrons. The maximum atomic E-state index is 3.24. The fourth-order valence-corrected chi connectivity index (χ4v) is 2.96. The molecule has 1 aromatic heterocycles. The molecule has 19 heavy (non-hydrogen) atoms. The minimum Gasteiger partial charge on any atom is -0.316 e. The highest BCUT2D eigenvalue weighted by Gasteiger charge is 2.08. The molecule has 0 bridgehead atoms. The molecule has 0 saturated carbocycles. The van der Waals surface area contributed by atoms with Crippen molar-refractivity contribution in [2.24, 2.45) is 0 Å². The third-order valence-electron chi connectivity index (χ3n) is 3.29. The van der Waals surface area contributed by atoms with Gasteiger partial charge in [-0.25, -0.2) is 0 Å². The van der Waals surface area contributed by atoms with Crippen LogP contribution in [-0.4, -0.2) is 18.5 Å². The van der Waals surface area contributed by atoms with E-state index >= 15 is 0 Å². The highest BCUT2D eigenvalue weighted by atomic mass is 32.1. The Morgan fingerprint density at radius 3 is 2.47 bits per heavy atom. The average molecular weight is 274 g/mol. The van der Waals surface area contributed by atoms with Crippen LogP contribution in [0.1, 0.15) is 22.9 Å². The van der Waals surface area contributed by atoms with Gasteiger partial charge in [-0.1, -0.05) is 37.3 Å². The molecule has 0 saturated heterocycles. The van der Waals surface area contributed by atoms with E-state index in [1.54, 1.807) is 0 Å². The largest absolute Gasteiger partial charge is 0.316 e. The molecule has 3 heteroatoms. The Morgan fingerprint density at radius 1 is 1.05 bits per heavy atom. The van der Waals surface area contributed by atoms with Crippen molar-refractivity contribution in [2.75, 3.05) is 13.6 Å². The lowest BCUT2D eigenvalue weighted by molar-refractivity contribution is 0.273. The molecule has 0 spiro atoms. The quantitative estimate of drug-likeness (QED) is 0.831. The van der Waals surface area contributed by atoms with Crippen molar-refractivity contribution in [1.29, 1.82) is 0 Å². The van der Waals surface area contributed by atoms with Crippen LogP contribution in [0.4, 0.5) is 0 Å². The molecule has 0 unspecified atom stereocenters. The Labute approximate surface area is 120 Å². The smallest absolute Gasteiger partial charge is 0.0331 e. The minimum absolute atomic E-state index is 0.937. The van der Waals surface area contributed by atoms with E-state index in [9.17, 15) is 0 Å². The first-order chi connectivity index (χ1) is 9.33. The standard InChI is InChI=1S/C16H22N2S/c1-3-18(13-16-9-6-10-19-16)12-15-8-5-4-7-14(15)11-17-2/h4-10,17H,3,11-13H2,1-2H3. The molecule has 2 nitrogen and oxygen atoms in total. The summed E-state index contributed by atoms with van der Waals surface area (Å²) >= 11 is 1.84. The summed E-state index contributed by atoms with van der Waals surface area (Å²) in [6.07, 6.45) is 0. The monoisotopic (exact) mass is 274 g/mol. The molecular weight excluding hydrogens is 252 g/mol. The summed E-state index contributed by atoms with van der Waals surface area (Å²) in [5.74, 6) is 0. The van der Waals surface area contributed by atoms with Crippen LogP contribution in [0, 0.1) is 0 Å². The Morgan fingerprint density at radius 2 is 1.84 bits per heavy atom. The molecule has 0 amide bonds. The SMILES string of the molecule is CCN(Cc1cccs1)Cc1ccccc1CNC. The van der Waals surface area contributed by atoms with Crippen LogP contribution >= 0.6 is 11.3 Å². The summed E-state index contributed by atoms with van der Waals surface area (Å²) in [7, 11) is 2.00. The highest BCUT2D eigenvalue weighted by Crippen LogP contribution is 2.16. The van der Waals surface area contributed by atoms with Crippen LogP contribution in [0.5, 0.6) is 0 Å². The van der Waals surface area contributed by atoms with Gasteiger partial charge in [0, 0.05) is 24.5 Å². The first-order valence-corrected chi connectivity index (χ1v) is 7.67. The second-order valence-corrected chi connectivity index (χ2v) is 5.71. The fraction of sp³-hybridized carbons (Fsp3) is 0.375. The van der Waals surface area contributed by atoms with E-state index in [1.807, 2.05) is 18.4 Å². The fourth-order valence-electron chi connectivity index (χ4n) is 2.22. The van der Waals surface area contributed by atoms with Gasteiger partial charge in [0.2, 0.25) is 0 Å². The van der Waals surface area contributed by atoms with Crippen LogP contribution in [0.2, 0.25) is 0 Å². The second-order valence-electron chi connectivity index (χ2n) is 4.68. The molecule has 1 heterocycles. The zero-order chi connectivity index (χ0) is 13.5. The van der Waals surface area contributed by atoms with E-state index in [4.69, 9.17) is 0 Å². The van der Waals surface area contributed by atoms with E-state index in [0.717, 1.165) is 26.2 Å². The second kappa shape index (κ2) is 7.43. The summed E-state index contributed by atoms with van der Waals surface area (Å²) in [6, 6.07) is 13.0. The maximum absolute atomic E-state index is 3.24. The number of hydrogen-bond donors (Lipinski definition) is 1. The van der Waals surface area contributed by atoms with Crippen molar-refractivity contribution in [3.63, 3.8) is 0 Å². The van der Waals surface area contributed by atoms with Gasteiger partial charge in [0.05, 0.1) is 0 Å². The molecule has 0 aliphatic rings. The topological polar surface area (TPSA) is 15.3 Å². The summed E-state index contributed by atoms with van der Waals surface area (Å²) in [4.78, 5) is 3.92. The van der Waals surface area contributed by atoms with Gasteiger partial charge in [0.15, 0.2) is 0 Å². The van der Waals surface area contributed by atoms with Crippen molar-refractivity contribution >= 4 is 11.3 Å². The molecular formula is C16H22N2S. The van der Waals surface area contributed by atoms with Crippen LogP contribution in [-0.2, 0) is 19.6 Å². The average Bonchev–Trinajstić information content (AvgIpc) is 2.93. The summed E-state index contributed by atoms with van der Waals surface area (Å²) in [6.45, 7) is 6.31. The molecule has 0 fully saturated rings. The van der Waals surface area contributed by atoms with E-state index in [1.165, 1.54) is 16.0 Å². The summed E-state index contributed by atoms with van der Waals surface area (Å²) in [5, 5.41) is 5.40. The van der Waals surface area contributed by atoms with Gasteiger partial charge in [-0.2, -0.15) is 0 Å². The van der Waals surface area contributed by atoms with E-state index < -0.39 is 0 Å². The molecule has 2 rings (SSSR count). The highest BCUT2D eigenvalue weighted by molar-refractivity contribution is 7.09. The van der Waals surface area contributed by atoms with Crippen molar-refractivity contribution in [1.82, 2.24) is 10.2 Å². The molecule has 102 valence electrons. The van der Waals surface area contributed by atoms with E-state index in [0.29, 0.717) is 0 Å². The van der Waals surface area contributed by atoms with Crippen molar-refractivity contribution in [2.45, 2.75) is 26.6 Å². The third kappa shape index (κ3) is 4.16. The summed E-state index contributed by atoms with van der Waals surface area (Å²) < 4.78 is 0. The van der Waals surface area contributed by atoms with Gasteiger partial charge in [0.25, 0.3) is 0 Å². The zero-order valence-corrected chi connectivity index (χ0v) is 12.5. The van der Waals surface area contributed by atoms with E-state index in [2.05, 4.69) is 58.9 Å². The van der Waals surface area contributed by atoms with Crippen molar-refractivity contribution in [3.8, 4) is 0 Å². The number of nitrogens with one attached hydrogen (secondary N) is 1. The van der Waals surface area contributed by atoms with Crippen LogP contribution in [0.15, 0.2) is 41.8 Å². The van der Waals surface area contributed by atoms with Gasteiger partial charge in [0.1, 0.15) is 0 Å². The molecule has 0 aliphatic carbocycles. The van der Waals surface area contributed by atoms with Gasteiger partial charge < -0.3 is 5.32 Å².